The van der Waals surface area contributed by atoms with Gasteiger partial charge < -0.3 is 27.4 Å². The van der Waals surface area contributed by atoms with E-state index in [0.717, 1.165) is 79.1 Å². The summed E-state index contributed by atoms with van der Waals surface area (Å²) >= 11 is 0. The number of nitrogens with zero attached hydrogens (tertiary/aromatic N) is 6. The van der Waals surface area contributed by atoms with Crippen molar-refractivity contribution in [2.24, 2.45) is 42.3 Å². The molecular formula is C120H162N6Si6. The molecule has 6 heterocycles. The van der Waals surface area contributed by atoms with E-state index in [2.05, 4.69) is 183 Å². The molecule has 0 aliphatic carbocycles. The summed E-state index contributed by atoms with van der Waals surface area (Å²) in [5, 5.41) is 13.4. The van der Waals surface area contributed by atoms with Gasteiger partial charge in [-0.15, -0.1) is 0 Å². The molecule has 12 aromatic carbocycles. The van der Waals surface area contributed by atoms with Crippen LogP contribution in [-0.4, -0.2) is 75.8 Å². The van der Waals surface area contributed by atoms with Crippen LogP contribution >= 0.6 is 0 Å². The Kier molecular flexibility index (Phi) is 13.6. The summed E-state index contributed by atoms with van der Waals surface area (Å²) in [6.45, 7) is 7.47. The lowest BCUT2D eigenvalue weighted by Gasteiger charge is -2.19. The fraction of sp³-hybridized carbons (Fsp3) is 0.400. The zero-order chi connectivity index (χ0) is 143. The molecular weight excluding hydrogens is 1690 g/mol. The first-order valence-corrected chi connectivity index (χ1v) is 65.3. The van der Waals surface area contributed by atoms with Crippen LogP contribution in [0, 0.1) is 0 Å². The number of aryl methyl sites for hydroxylation is 6. The highest BCUT2D eigenvalue weighted by Gasteiger charge is 2.29. The minimum absolute atomic E-state index is 0.00253. The molecule has 0 amide bonds. The van der Waals surface area contributed by atoms with Crippen LogP contribution in [-0.2, 0) is 74.8 Å². The van der Waals surface area contributed by atoms with Crippen molar-refractivity contribution in [2.75, 3.05) is 0 Å². The first-order valence-electron chi connectivity index (χ1n) is 71.3. The molecule has 6 nitrogen and oxygen atoms in total. The van der Waals surface area contributed by atoms with Crippen molar-refractivity contribution in [1.29, 1.82) is 0 Å². The molecule has 0 unspecified atom stereocenters. The summed E-state index contributed by atoms with van der Waals surface area (Å²) in [6.07, 6.45) is 0. The average Bonchev–Trinajstić information content (AvgIpc) is 1.44. The van der Waals surface area contributed by atoms with Crippen molar-refractivity contribution >= 4 is 210 Å². The monoisotopic (exact) mass is 1910 g/mol. The number of fused-ring (bicyclic) bond motifs is 18. The molecule has 18 rings (SSSR count). The second-order valence-corrected chi connectivity index (χ2v) is 73.8. The van der Waals surface area contributed by atoms with Crippen LogP contribution in [0.1, 0.15) is 231 Å². The van der Waals surface area contributed by atoms with Crippen LogP contribution in [0.4, 0.5) is 0 Å². The highest BCUT2D eigenvalue weighted by atomic mass is 28.3. The number of aromatic nitrogens is 6. The number of rotatable bonds is 6. The highest BCUT2D eigenvalue weighted by Crippen LogP contribution is 2.41. The fourth-order valence-electron chi connectivity index (χ4n) is 16.2. The third-order valence-corrected chi connectivity index (χ3v) is 36.0. The van der Waals surface area contributed by atoms with Crippen molar-refractivity contribution in [3.05, 3.63) is 251 Å². The maximum absolute atomic E-state index is 8.99. The molecule has 0 aliphatic heterocycles. The van der Waals surface area contributed by atoms with E-state index < -0.39 is 243 Å². The second-order valence-electron chi connectivity index (χ2n) is 43.6. The third kappa shape index (κ3) is 20.5. The van der Waals surface area contributed by atoms with E-state index in [0.29, 0.717) is 80.2 Å². The lowest BCUT2D eigenvalue weighted by Crippen LogP contribution is -2.37. The van der Waals surface area contributed by atoms with Gasteiger partial charge in [-0.25, -0.2) is 0 Å². The molecule has 0 spiro atoms. The Bertz CT molecular complexity index is 9410. The van der Waals surface area contributed by atoms with E-state index >= 15 is 0 Å². The predicted molar refractivity (Wildman–Crippen MR) is 613 cm³/mol. The molecule has 0 bridgehead atoms. The zero-order valence-corrected chi connectivity index (χ0v) is 88.1. The van der Waals surface area contributed by atoms with Gasteiger partial charge >= 0.3 is 0 Å². The van der Waals surface area contributed by atoms with Gasteiger partial charge in [0.05, 0.1) is 73.1 Å². The van der Waals surface area contributed by atoms with Gasteiger partial charge in [-0.05, 0) is 175 Å². The molecule has 0 atom stereocenters. The van der Waals surface area contributed by atoms with Crippen molar-refractivity contribution in [1.82, 2.24) is 27.4 Å². The maximum Gasteiger partial charge on any atom is 0.0776 e. The molecule has 0 saturated carbocycles. The number of benzene rings is 12. The molecule has 0 fully saturated rings. The Morgan fingerprint density at radius 2 is 0.371 bits per heavy atom. The molecule has 12 heteroatoms. The van der Waals surface area contributed by atoms with Gasteiger partial charge in [-0.2, -0.15) is 0 Å². The second kappa shape index (κ2) is 35.1. The van der Waals surface area contributed by atoms with Crippen LogP contribution in [0.3, 0.4) is 0 Å². The Labute approximate surface area is 876 Å². The summed E-state index contributed by atoms with van der Waals surface area (Å²) in [5.74, 6) is 0. The zero-order valence-electron chi connectivity index (χ0n) is 136. The maximum atomic E-state index is 8.99. The summed E-state index contributed by atoms with van der Waals surface area (Å²) in [6, 6.07) is 29.2. The molecule has 0 saturated heterocycles. The topological polar surface area (TPSA) is 29.6 Å². The number of hydrogen-bond acceptors (Lipinski definition) is 0. The van der Waals surface area contributed by atoms with Gasteiger partial charge in [0.15, 0.2) is 0 Å². The van der Waals surface area contributed by atoms with E-state index in [-0.39, 0.29) is 47.0 Å². The van der Waals surface area contributed by atoms with Crippen LogP contribution < -0.4 is 31.1 Å². The van der Waals surface area contributed by atoms with E-state index in [1.807, 2.05) is 84.5 Å². The van der Waals surface area contributed by atoms with Crippen molar-refractivity contribution < 1.29 is 74.0 Å². The lowest BCUT2D eigenvalue weighted by molar-refractivity contribution is 0.590. The van der Waals surface area contributed by atoms with Crippen molar-refractivity contribution in [3.8, 4) is 0 Å². The molecule has 18 aromatic rings. The largest absolute Gasteiger partial charge is 0.344 e. The van der Waals surface area contributed by atoms with E-state index in [4.69, 9.17) is 74.0 Å². The third-order valence-electron chi connectivity index (χ3n) is 24.6. The van der Waals surface area contributed by atoms with Gasteiger partial charge in [0.2, 0.25) is 0 Å². The SMILES string of the molecule is Cn1c2ccc([Si](C)(C)C)cc2c2cc([Si](C)(C)C)ccc21.[2H]C([2H])([2H])C(c1ccc2c(c1)c1cc(C(C([2H])([2H])[2H])(C([2H])([2H])[2H])C([2H])([2H])[2H])ccc1n2C)(C([2H])([2H])[2H])C([2H])([2H])[2H].[2H]c1c(C(C([2H])([2H])[2H])(C([2H])([2H])[2H])C([2H])([2H])[2H])c([2H])c2c3c([2H])c(C(C([2H])([2H])[2H])(C([2H])([2H])[2H])C([2H])([2H])[2H])c([2H])c([2H])c3n(C)c2c1[2H].[2H]c1c(C(C)(C)C)c([2H])c2c3c([2H])c(C(C)(C)C)c([2H])c([2H])c3n(C)c2c1[2H].[2H]c1cc2c(c([2H])c1[Si](C)(C)C)c1c([2H])c([Si](C)(C)C)c([2H])cc1n2C.[2H]c1cc2c(cc1[Si](C)(C)C)c1cc([Si](C)(C)C)c([2H])cc1n2C. The van der Waals surface area contributed by atoms with Crippen LogP contribution in [0.15, 0.2) is 218 Å². The normalized spacial score (nSPS) is 20.3. The Balaban J connectivity index is 0.000000184. The van der Waals surface area contributed by atoms with Gasteiger partial charge in [-0.1, -0.05) is 382 Å². The molecule has 0 N–H and O–H groups in total. The smallest absolute Gasteiger partial charge is 0.0776 e. The Morgan fingerprint density at radius 3 is 0.614 bits per heavy atom. The average molecular weight is 1910 g/mol. The van der Waals surface area contributed by atoms with Gasteiger partial charge in [0.25, 0.3) is 0 Å². The summed E-state index contributed by atoms with van der Waals surface area (Å²) < 4.78 is 456. The predicted octanol–water partition coefficient (Wildman–Crippen LogP) is 31.0. The summed E-state index contributed by atoms with van der Waals surface area (Å²) in [4.78, 5) is 0. The molecule has 6 aromatic heterocycles. The van der Waals surface area contributed by atoms with Crippen LogP contribution in [0.2, 0.25) is 118 Å². The van der Waals surface area contributed by atoms with E-state index in [1.54, 1.807) is 33.6 Å². The Hall–Kier alpha value is -9.26. The van der Waals surface area contributed by atoms with Crippen molar-refractivity contribution in [3.63, 3.8) is 0 Å². The van der Waals surface area contributed by atoms with Gasteiger partial charge in [-0.3, -0.25) is 0 Å². The molecule has 0 radical (unpaired) electrons. The first-order chi connectivity index (χ1) is 83.1. The minimum atomic E-state index is -4.01. The van der Waals surface area contributed by atoms with Gasteiger partial charge in [0, 0.05) is 222 Å². The Morgan fingerprint density at radius 1 is 0.182 bits per heavy atom. The fourth-order valence-corrected chi connectivity index (χ4v) is 22.7. The molecule has 0 aliphatic rings. The van der Waals surface area contributed by atoms with E-state index in [1.165, 1.54) is 55.1 Å². The number of hydrogen-bond donors (Lipinski definition) is 0. The lowest BCUT2D eigenvalue weighted by atomic mass is 9.85. The summed E-state index contributed by atoms with van der Waals surface area (Å²) in [7, 11) is 1.07. The van der Waals surface area contributed by atoms with Gasteiger partial charge in [0.1, 0.15) is 0 Å². The summed E-state index contributed by atoms with van der Waals surface area (Å²) in [5.41, 5.74) is -12.0. The minimum Gasteiger partial charge on any atom is -0.344 e. The quantitative estimate of drug-likeness (QED) is 0.149. The van der Waals surface area contributed by atoms with E-state index in [9.17, 15) is 0 Å². The highest BCUT2D eigenvalue weighted by molar-refractivity contribution is 6.91. The molecule has 696 valence electrons. The van der Waals surface area contributed by atoms with Crippen LogP contribution in [0.25, 0.3) is 131 Å². The standard InChI is InChI=1S/3C21H27N.3C19H27NSi2/c3*1-20(2,3)14-8-10-18-16(12-14)17-13-15(21(4,5)6)9-11-19(17)22(18)7;3*1-20-18-10-8-14(21(2,3)4)12-16(18)17-13-15(22(5,6)7)9-11-19(17)20/h6*8-13H,1-7H3/i1D3,2D3,3D3,4D3,5D3,6D3,8D,9D,10D,11D,12D,13D;8D,9D,10D,11D,12D,13D;1D3,2D3,3D3,4D3,5D3,6D3;8D,9D,12D,13D;8D,9D;. The molecule has 132 heavy (non-hydrogen) atoms. The van der Waals surface area contributed by atoms with Crippen molar-refractivity contribution in [2.45, 2.75) is 274 Å². The van der Waals surface area contributed by atoms with Crippen LogP contribution in [0.5, 0.6) is 0 Å². The first kappa shape index (κ1) is 51.1.